The van der Waals surface area contributed by atoms with Crippen LogP contribution in [0.2, 0.25) is 0 Å². The molecule has 2 unspecified atom stereocenters. The zero-order valence-electron chi connectivity index (χ0n) is 24.0. The Bertz CT molecular complexity index is 1110. The summed E-state index contributed by atoms with van der Waals surface area (Å²) in [4.78, 5) is 19.3. The van der Waals surface area contributed by atoms with E-state index in [4.69, 9.17) is 10.5 Å². The number of nitrogens with two attached hydrogens (primary N) is 1. The Labute approximate surface area is 241 Å². The van der Waals surface area contributed by atoms with Gasteiger partial charge in [-0.05, 0) is 110 Å². The van der Waals surface area contributed by atoms with Crippen LogP contribution in [0.15, 0.2) is 30.3 Å². The molecule has 1 aromatic carbocycles. The van der Waals surface area contributed by atoms with Crippen molar-refractivity contribution in [3.8, 4) is 0 Å². The smallest absolute Gasteiger partial charge is 0.325 e. The van der Waals surface area contributed by atoms with Crippen molar-refractivity contribution < 1.29 is 19.0 Å². The molecule has 1 aromatic heterocycles. The molecule has 0 saturated carbocycles. The van der Waals surface area contributed by atoms with Gasteiger partial charge in [-0.25, -0.2) is 9.37 Å². The molecule has 2 fully saturated rings. The van der Waals surface area contributed by atoms with Crippen LogP contribution in [0.25, 0.3) is 0 Å². The molecule has 2 aliphatic rings. The second-order valence-corrected chi connectivity index (χ2v) is 12.5. The first-order valence-corrected chi connectivity index (χ1v) is 15.9. The Morgan fingerprint density at radius 3 is 2.65 bits per heavy atom. The van der Waals surface area contributed by atoms with E-state index in [0.29, 0.717) is 49.3 Å². The quantitative estimate of drug-likeness (QED) is 0.198. The van der Waals surface area contributed by atoms with E-state index in [1.165, 1.54) is 25.0 Å². The number of nitrogen functional groups attached to an aromatic ring is 1. The lowest BCUT2D eigenvalue weighted by atomic mass is 9.85. The Morgan fingerprint density at radius 1 is 1.15 bits per heavy atom. The fraction of sp³-hybridized carbons (Fsp3) is 0.625. The number of carboxylic acid groups (broad SMARTS) is 1. The zero-order valence-corrected chi connectivity index (χ0v) is 25.1. The van der Waals surface area contributed by atoms with Gasteiger partial charge in [0.15, 0.2) is 0 Å². The molecule has 0 amide bonds. The molecule has 2 aromatic rings. The monoisotopic (exact) mass is 571 g/mol. The third kappa shape index (κ3) is 8.24. The minimum absolute atomic E-state index is 0.209. The van der Waals surface area contributed by atoms with Crippen LogP contribution in [0.1, 0.15) is 99.1 Å². The maximum absolute atomic E-state index is 14.4. The molecule has 220 valence electrons. The van der Waals surface area contributed by atoms with Crippen LogP contribution >= 0.6 is 9.24 Å². The van der Waals surface area contributed by atoms with Gasteiger partial charge in [0.25, 0.3) is 0 Å². The highest BCUT2D eigenvalue weighted by Gasteiger charge is 2.37. The second-order valence-electron chi connectivity index (χ2n) is 11.7. The van der Waals surface area contributed by atoms with Crippen molar-refractivity contribution in [3.63, 3.8) is 0 Å². The van der Waals surface area contributed by atoms with Crippen LogP contribution in [0.5, 0.6) is 0 Å². The Balaban J connectivity index is 1.30. The maximum Gasteiger partial charge on any atom is 0.325 e. The molecule has 2 saturated heterocycles. The first-order valence-electron chi connectivity index (χ1n) is 15.2. The van der Waals surface area contributed by atoms with Gasteiger partial charge in [0.05, 0.1) is 0 Å². The number of unbranched alkanes of at least 4 members (excludes halogenated alkanes) is 3. The number of ether oxygens (including phenoxy) is 1. The SMILES string of the molecule is CCCCCc1ccc(CCCC[C@@H](P)C2CCN([C@@H](C(=O)O)c3cc(F)ccc3C3CCOCC3)C2)nc1N. The summed E-state index contributed by atoms with van der Waals surface area (Å²) in [6.45, 7) is 4.95. The Hall–Kier alpha value is -2.08. The fourth-order valence-electron chi connectivity index (χ4n) is 6.43. The van der Waals surface area contributed by atoms with E-state index in [0.717, 1.165) is 74.6 Å². The number of halogens is 1. The largest absolute Gasteiger partial charge is 0.480 e. The van der Waals surface area contributed by atoms with Crippen molar-refractivity contribution in [3.05, 3.63) is 58.5 Å². The normalized spacial score (nSPS) is 20.0. The number of anilines is 1. The van der Waals surface area contributed by atoms with Crippen molar-refractivity contribution >= 4 is 21.0 Å². The van der Waals surface area contributed by atoms with E-state index in [1.807, 2.05) is 0 Å². The summed E-state index contributed by atoms with van der Waals surface area (Å²) in [5.41, 5.74) is 10.4. The number of aryl methyl sites for hydroxylation is 2. The van der Waals surface area contributed by atoms with Crippen molar-refractivity contribution in [1.29, 1.82) is 0 Å². The van der Waals surface area contributed by atoms with Crippen molar-refractivity contribution in [2.24, 2.45) is 5.92 Å². The van der Waals surface area contributed by atoms with Gasteiger partial charge >= 0.3 is 5.97 Å². The third-order valence-electron chi connectivity index (χ3n) is 8.81. The van der Waals surface area contributed by atoms with Crippen LogP contribution in [-0.2, 0) is 22.4 Å². The number of carbonyl (C=O) groups is 1. The van der Waals surface area contributed by atoms with Crippen LogP contribution in [-0.4, -0.2) is 52.9 Å². The van der Waals surface area contributed by atoms with Gasteiger partial charge in [-0.2, -0.15) is 0 Å². The molecular formula is C32H47FN3O3P. The lowest BCUT2D eigenvalue weighted by Crippen LogP contribution is -2.34. The summed E-state index contributed by atoms with van der Waals surface area (Å²) < 4.78 is 19.9. The molecule has 4 rings (SSSR count). The van der Waals surface area contributed by atoms with Gasteiger partial charge in [0.2, 0.25) is 0 Å². The topological polar surface area (TPSA) is 88.7 Å². The van der Waals surface area contributed by atoms with Gasteiger partial charge in [0.1, 0.15) is 17.7 Å². The summed E-state index contributed by atoms with van der Waals surface area (Å²) in [5, 5.41) is 10.3. The standard InChI is InChI=1S/C32H47FN3O3P/c1-2-3-4-7-23-10-12-26(35-31(23)34)8-5-6-9-29(40)24-14-17-36(21-24)30(32(37)38)28-20-25(33)11-13-27(28)22-15-18-39-19-16-22/h10-13,20,22,24,29-30H,2-9,14-19,21,40H2,1H3,(H2,34,35)(H,37,38)/t24?,29-,30-/m1/s1. The molecule has 0 bridgehead atoms. The molecule has 2 aliphatic heterocycles. The second kappa shape index (κ2) is 15.2. The van der Waals surface area contributed by atoms with Gasteiger partial charge in [-0.3, -0.25) is 9.69 Å². The van der Waals surface area contributed by atoms with Crippen LogP contribution < -0.4 is 5.73 Å². The molecule has 3 N–H and O–H groups in total. The molecule has 0 spiro atoms. The number of likely N-dealkylation sites (tertiary alicyclic amines) is 1. The summed E-state index contributed by atoms with van der Waals surface area (Å²) in [7, 11) is 3.01. The lowest BCUT2D eigenvalue weighted by molar-refractivity contribution is -0.143. The van der Waals surface area contributed by atoms with E-state index in [-0.39, 0.29) is 11.7 Å². The summed E-state index contributed by atoms with van der Waals surface area (Å²) in [5.74, 6) is 0.0151. The van der Waals surface area contributed by atoms with Crippen molar-refractivity contribution in [2.45, 2.75) is 95.2 Å². The van der Waals surface area contributed by atoms with E-state index in [9.17, 15) is 14.3 Å². The number of hydrogen-bond acceptors (Lipinski definition) is 5. The number of aliphatic carboxylic acids is 1. The molecule has 4 atom stereocenters. The summed E-state index contributed by atoms with van der Waals surface area (Å²) >= 11 is 0. The molecular weight excluding hydrogens is 524 g/mol. The molecule has 0 aliphatic carbocycles. The van der Waals surface area contributed by atoms with Crippen LogP contribution in [0.3, 0.4) is 0 Å². The van der Waals surface area contributed by atoms with E-state index >= 15 is 0 Å². The lowest BCUT2D eigenvalue weighted by Gasteiger charge is -2.31. The average molecular weight is 572 g/mol. The molecule has 0 radical (unpaired) electrons. The molecule has 6 nitrogen and oxygen atoms in total. The Morgan fingerprint density at radius 2 is 1.93 bits per heavy atom. The van der Waals surface area contributed by atoms with E-state index in [2.05, 4.69) is 38.2 Å². The van der Waals surface area contributed by atoms with Gasteiger partial charge < -0.3 is 15.6 Å². The van der Waals surface area contributed by atoms with Crippen molar-refractivity contribution in [2.75, 3.05) is 32.0 Å². The van der Waals surface area contributed by atoms with Crippen LogP contribution in [0, 0.1) is 11.7 Å². The summed E-state index contributed by atoms with van der Waals surface area (Å²) in [6, 6.07) is 8.15. The number of benzene rings is 1. The molecule has 8 heteroatoms. The first kappa shape index (κ1) is 30.9. The highest BCUT2D eigenvalue weighted by Crippen LogP contribution is 2.38. The maximum atomic E-state index is 14.4. The number of hydrogen-bond donors (Lipinski definition) is 2. The fourth-order valence-corrected chi connectivity index (χ4v) is 6.98. The average Bonchev–Trinajstić information content (AvgIpc) is 3.42. The number of aromatic nitrogens is 1. The van der Waals surface area contributed by atoms with Gasteiger partial charge in [-0.15, -0.1) is 9.24 Å². The zero-order chi connectivity index (χ0) is 28.5. The highest BCUT2D eigenvalue weighted by molar-refractivity contribution is 7.17. The van der Waals surface area contributed by atoms with E-state index in [1.54, 1.807) is 6.07 Å². The number of pyridine rings is 1. The predicted octanol–water partition coefficient (Wildman–Crippen LogP) is 6.53. The minimum atomic E-state index is -0.900. The molecule has 3 heterocycles. The van der Waals surface area contributed by atoms with E-state index < -0.39 is 12.0 Å². The molecule has 40 heavy (non-hydrogen) atoms. The highest BCUT2D eigenvalue weighted by atomic mass is 31.0. The van der Waals surface area contributed by atoms with Crippen molar-refractivity contribution in [1.82, 2.24) is 9.88 Å². The number of carboxylic acids is 1. The Kier molecular flexibility index (Phi) is 11.8. The van der Waals surface area contributed by atoms with Crippen LogP contribution in [0.4, 0.5) is 10.2 Å². The number of nitrogens with zero attached hydrogens (tertiary/aromatic N) is 2. The predicted molar refractivity (Wildman–Crippen MR) is 162 cm³/mol. The first-order chi connectivity index (χ1) is 19.4. The minimum Gasteiger partial charge on any atom is -0.480 e. The van der Waals surface area contributed by atoms with Gasteiger partial charge in [-0.1, -0.05) is 38.3 Å². The summed E-state index contributed by atoms with van der Waals surface area (Å²) in [6.07, 6.45) is 11.3. The third-order valence-corrected chi connectivity index (χ3v) is 9.68. The van der Waals surface area contributed by atoms with Gasteiger partial charge in [0, 0.05) is 25.5 Å². The number of rotatable bonds is 14.